The lowest BCUT2D eigenvalue weighted by atomic mass is 10.0. The van der Waals surface area contributed by atoms with E-state index in [4.69, 9.17) is 8.37 Å². The third-order valence-corrected chi connectivity index (χ3v) is 7.19. The van der Waals surface area contributed by atoms with E-state index in [1.807, 2.05) is 41.5 Å². The van der Waals surface area contributed by atoms with E-state index in [9.17, 15) is 16.8 Å². The molecule has 0 N–H and O–H groups in total. The molecule has 0 spiro atoms. The highest BCUT2D eigenvalue weighted by Gasteiger charge is 2.20. The van der Waals surface area contributed by atoms with Crippen LogP contribution in [0.3, 0.4) is 0 Å². The van der Waals surface area contributed by atoms with Crippen LogP contribution in [0.15, 0.2) is 0 Å². The minimum Gasteiger partial charge on any atom is -0.270 e. The third kappa shape index (κ3) is 11.4. The predicted octanol–water partition coefficient (Wildman–Crippen LogP) is 3.04. The fraction of sp³-hybridized carbons (Fsp3) is 1.00. The smallest absolute Gasteiger partial charge is 0.267 e. The van der Waals surface area contributed by atoms with Gasteiger partial charge in [-0.15, -0.1) is 0 Å². The Hall–Kier alpha value is -0.180. The van der Waals surface area contributed by atoms with Gasteiger partial charge in [-0.3, -0.25) is 8.37 Å². The summed E-state index contributed by atoms with van der Waals surface area (Å²) >= 11 is 0. The maximum absolute atomic E-state index is 11.8. The zero-order chi connectivity index (χ0) is 19.0. The largest absolute Gasteiger partial charge is 0.270 e. The quantitative estimate of drug-likeness (QED) is 0.357. The van der Waals surface area contributed by atoms with E-state index in [0.29, 0.717) is 12.8 Å². The maximum atomic E-state index is 11.8. The van der Waals surface area contributed by atoms with Gasteiger partial charge < -0.3 is 0 Å². The molecule has 24 heavy (non-hydrogen) atoms. The van der Waals surface area contributed by atoms with Gasteiger partial charge in [-0.1, -0.05) is 41.5 Å². The lowest BCUT2D eigenvalue weighted by Crippen LogP contribution is -2.21. The second kappa shape index (κ2) is 10.7. The summed E-state index contributed by atoms with van der Waals surface area (Å²) in [7, 11) is -7.05. The number of unbranched alkanes of at least 4 members (excludes halogenated alkanes) is 1. The average Bonchev–Trinajstić information content (AvgIpc) is 2.41. The Morgan fingerprint density at radius 1 is 0.625 bits per heavy atom. The summed E-state index contributed by atoms with van der Waals surface area (Å²) in [5, 5.41) is 0. The first-order chi connectivity index (χ1) is 10.9. The van der Waals surface area contributed by atoms with Crippen LogP contribution in [-0.2, 0) is 28.6 Å². The zero-order valence-electron chi connectivity index (χ0n) is 15.8. The van der Waals surface area contributed by atoms with Crippen molar-refractivity contribution in [2.24, 2.45) is 23.7 Å². The van der Waals surface area contributed by atoms with Gasteiger partial charge in [-0.25, -0.2) is 0 Å². The fourth-order valence-electron chi connectivity index (χ4n) is 1.70. The number of hydrogen-bond donors (Lipinski definition) is 0. The van der Waals surface area contributed by atoms with Gasteiger partial charge in [0.15, 0.2) is 0 Å². The first-order valence-corrected chi connectivity index (χ1v) is 11.8. The van der Waals surface area contributed by atoms with Crippen LogP contribution in [0.5, 0.6) is 0 Å². The Morgan fingerprint density at radius 2 is 0.917 bits per heavy atom. The van der Waals surface area contributed by atoms with Crippen molar-refractivity contribution >= 4 is 20.2 Å². The van der Waals surface area contributed by atoms with Crippen LogP contribution in [0.1, 0.15) is 54.4 Å². The van der Waals surface area contributed by atoms with E-state index >= 15 is 0 Å². The molecule has 6 nitrogen and oxygen atoms in total. The average molecular weight is 387 g/mol. The molecule has 0 amide bonds. The highest BCUT2D eigenvalue weighted by molar-refractivity contribution is 7.86. The van der Waals surface area contributed by atoms with E-state index in [0.717, 1.165) is 0 Å². The van der Waals surface area contributed by atoms with Crippen LogP contribution in [0.4, 0.5) is 0 Å². The molecule has 0 aliphatic rings. The fourth-order valence-corrected chi connectivity index (χ4v) is 4.69. The van der Waals surface area contributed by atoms with Crippen LogP contribution in [-0.4, -0.2) is 41.6 Å². The second-order valence-electron chi connectivity index (χ2n) is 7.24. The van der Waals surface area contributed by atoms with Crippen LogP contribution in [0, 0.1) is 23.7 Å². The monoisotopic (exact) mass is 386 g/mol. The Morgan fingerprint density at radius 3 is 1.17 bits per heavy atom. The van der Waals surface area contributed by atoms with Gasteiger partial charge in [0.1, 0.15) is 0 Å². The van der Waals surface area contributed by atoms with Crippen molar-refractivity contribution in [3.63, 3.8) is 0 Å². The minimum atomic E-state index is -3.53. The van der Waals surface area contributed by atoms with Crippen molar-refractivity contribution in [2.75, 3.05) is 24.7 Å². The van der Waals surface area contributed by atoms with Crippen LogP contribution in [0.25, 0.3) is 0 Å². The topological polar surface area (TPSA) is 86.7 Å². The third-order valence-electron chi connectivity index (χ3n) is 4.27. The van der Waals surface area contributed by atoms with E-state index in [2.05, 4.69) is 0 Å². The van der Waals surface area contributed by atoms with Crippen LogP contribution in [0.2, 0.25) is 0 Å². The molecule has 146 valence electrons. The molecule has 0 heterocycles. The lowest BCUT2D eigenvalue weighted by Gasteiger charge is -2.15. The van der Waals surface area contributed by atoms with E-state index in [1.54, 1.807) is 0 Å². The van der Waals surface area contributed by atoms with Crippen molar-refractivity contribution in [3.05, 3.63) is 0 Å². The maximum Gasteiger partial charge on any atom is 0.267 e. The Labute approximate surface area is 148 Å². The molecule has 0 rings (SSSR count). The predicted molar refractivity (Wildman–Crippen MR) is 96.7 cm³/mol. The first kappa shape index (κ1) is 23.8. The molecule has 8 heteroatoms. The SMILES string of the molecule is CC(C)[C@@H](C)CS(=O)(=O)OCCCCOS(=O)(=O)C[C@H](C)C(C)C. The van der Waals surface area contributed by atoms with Gasteiger partial charge in [0, 0.05) is 0 Å². The summed E-state index contributed by atoms with van der Waals surface area (Å²) in [6.45, 7) is 11.7. The standard InChI is InChI=1S/C16H34O6S2/c1-13(2)15(5)11-23(17,18)21-9-7-8-10-22-24(19,20)12-16(6)14(3)4/h13-16H,7-12H2,1-6H3/t15-,16-/m0/s1. The van der Waals surface area contributed by atoms with Crippen molar-refractivity contribution < 1.29 is 25.2 Å². The summed E-state index contributed by atoms with van der Waals surface area (Å²) in [5.41, 5.74) is 0. The molecule has 2 atom stereocenters. The van der Waals surface area contributed by atoms with Crippen LogP contribution < -0.4 is 0 Å². The van der Waals surface area contributed by atoms with Gasteiger partial charge in [0.25, 0.3) is 20.2 Å². The molecule has 0 saturated heterocycles. The van der Waals surface area contributed by atoms with Crippen molar-refractivity contribution in [1.82, 2.24) is 0 Å². The summed E-state index contributed by atoms with van der Waals surface area (Å²) < 4.78 is 57.0. The van der Waals surface area contributed by atoms with E-state index in [1.165, 1.54) is 0 Å². The number of rotatable bonds is 13. The summed E-state index contributed by atoms with van der Waals surface area (Å²) in [5.74, 6) is 0.619. The number of hydrogen-bond acceptors (Lipinski definition) is 6. The normalized spacial score (nSPS) is 15.8. The Kier molecular flexibility index (Phi) is 10.7. The van der Waals surface area contributed by atoms with Gasteiger partial charge in [0.2, 0.25) is 0 Å². The molecule has 0 unspecified atom stereocenters. The highest BCUT2D eigenvalue weighted by atomic mass is 32.2. The van der Waals surface area contributed by atoms with E-state index in [-0.39, 0.29) is 48.4 Å². The van der Waals surface area contributed by atoms with Crippen LogP contribution >= 0.6 is 0 Å². The minimum absolute atomic E-state index is 0.00262. The lowest BCUT2D eigenvalue weighted by molar-refractivity contribution is 0.265. The van der Waals surface area contributed by atoms with Crippen molar-refractivity contribution in [1.29, 1.82) is 0 Å². The van der Waals surface area contributed by atoms with Crippen molar-refractivity contribution in [2.45, 2.75) is 54.4 Å². The van der Waals surface area contributed by atoms with Gasteiger partial charge in [-0.05, 0) is 36.5 Å². The van der Waals surface area contributed by atoms with Gasteiger partial charge >= 0.3 is 0 Å². The molecule has 0 radical (unpaired) electrons. The van der Waals surface area contributed by atoms with Gasteiger partial charge in [0.05, 0.1) is 24.7 Å². The molecule has 0 aliphatic heterocycles. The van der Waals surface area contributed by atoms with Gasteiger partial charge in [-0.2, -0.15) is 16.8 Å². The molecule has 0 saturated carbocycles. The summed E-state index contributed by atoms with van der Waals surface area (Å²) in [6, 6.07) is 0. The molecule has 0 bridgehead atoms. The Balaban J connectivity index is 3.99. The molecule has 0 aliphatic carbocycles. The molecule has 0 aromatic carbocycles. The second-order valence-corrected chi connectivity index (χ2v) is 10.6. The molecular weight excluding hydrogens is 352 g/mol. The Bertz CT molecular complexity index is 487. The first-order valence-electron chi connectivity index (χ1n) is 8.60. The summed E-state index contributed by atoms with van der Waals surface area (Å²) in [6.07, 6.45) is 0.870. The molecular formula is C16H34O6S2. The highest BCUT2D eigenvalue weighted by Crippen LogP contribution is 2.15. The molecule has 0 fully saturated rings. The zero-order valence-corrected chi connectivity index (χ0v) is 17.5. The summed E-state index contributed by atoms with van der Waals surface area (Å²) in [4.78, 5) is 0. The van der Waals surface area contributed by atoms with E-state index < -0.39 is 20.2 Å². The molecule has 0 aromatic rings. The van der Waals surface area contributed by atoms with Crippen molar-refractivity contribution in [3.8, 4) is 0 Å². The molecule has 0 aromatic heterocycles.